The Hall–Kier alpha value is -11.6. The van der Waals surface area contributed by atoms with Gasteiger partial charge in [0, 0.05) is 39.0 Å². The number of rotatable bonds is 6. The van der Waals surface area contributed by atoms with Crippen LogP contribution in [0.1, 0.15) is 66.8 Å². The van der Waals surface area contributed by atoms with E-state index in [2.05, 4.69) is 339 Å². The van der Waals surface area contributed by atoms with E-state index in [1.54, 1.807) is 0 Å². The van der Waals surface area contributed by atoms with Crippen LogP contribution >= 0.6 is 0 Å². The van der Waals surface area contributed by atoms with E-state index >= 15 is 0 Å². The topological polar surface area (TPSA) is 12.5 Å². The van der Waals surface area contributed by atoms with Crippen molar-refractivity contribution in [2.45, 2.75) is 16.2 Å². The molecule has 0 radical (unpaired) electrons. The maximum absolute atomic E-state index is 7.33. The van der Waals surface area contributed by atoms with Gasteiger partial charge in [0.25, 0.3) is 0 Å². The Kier molecular flexibility index (Phi) is 10.4. The van der Waals surface area contributed by atoms with E-state index in [1.165, 1.54) is 100 Å². The predicted molar refractivity (Wildman–Crippen MR) is 373 cm³/mol. The maximum atomic E-state index is 7.33. The fourth-order valence-corrected chi connectivity index (χ4v) is 17.6. The molecule has 0 N–H and O–H groups in total. The van der Waals surface area contributed by atoms with Crippen molar-refractivity contribution in [1.29, 1.82) is 0 Å². The summed E-state index contributed by atoms with van der Waals surface area (Å²) in [5.74, 6) is 1.84. The lowest BCUT2D eigenvalue weighted by atomic mass is 9.65. The first-order chi connectivity index (χ1) is 45.1. The molecule has 1 aliphatic heterocycles. The standard InChI is InChI=1S/C89H55NO/c1-3-23-60(24-4-1)87(61-25-5-2-6-26-61)75-34-16-15-33-71(75)74-54-63(47-52-80(74)87)90(64-46-49-73-70-32-13-19-37-78(70)88(84(73)55-64)76-35-17-11-29-67(76)68-30-12-18-36-77(68)88)62-44-39-56(40-45-62)59-41-48-72-69-31-14-20-38-79(69)89(83(72)53-59)81-50-42-57-21-7-9-27-65(57)85(81)91-86-66-28-10-8-22-58(66)43-51-82(86)89/h1-55H. The van der Waals surface area contributed by atoms with Crippen LogP contribution in [0.15, 0.2) is 334 Å². The molecule has 1 heterocycles. The van der Waals surface area contributed by atoms with Crippen molar-refractivity contribution < 1.29 is 4.74 Å². The van der Waals surface area contributed by atoms with E-state index in [0.29, 0.717) is 0 Å². The fourth-order valence-electron chi connectivity index (χ4n) is 17.6. The molecule has 0 saturated carbocycles. The third-order valence-electron chi connectivity index (χ3n) is 21.2. The minimum Gasteiger partial charge on any atom is -0.455 e. The number of ether oxygens (including phenoxy) is 1. The second-order valence-electron chi connectivity index (χ2n) is 25.2. The van der Waals surface area contributed by atoms with Crippen LogP contribution in [-0.4, -0.2) is 0 Å². The summed E-state index contributed by atoms with van der Waals surface area (Å²) in [7, 11) is 0. The number of benzene rings is 15. The molecular formula is C89H55NO. The molecule has 0 unspecified atom stereocenters. The highest BCUT2D eigenvalue weighted by Gasteiger charge is 2.54. The van der Waals surface area contributed by atoms with Crippen LogP contribution in [0, 0.1) is 0 Å². The zero-order valence-electron chi connectivity index (χ0n) is 49.6. The molecule has 0 aromatic heterocycles. The molecule has 0 saturated heterocycles. The summed E-state index contributed by atoms with van der Waals surface area (Å²) in [4.78, 5) is 2.51. The third-order valence-corrected chi connectivity index (χ3v) is 21.2. The second-order valence-corrected chi connectivity index (χ2v) is 25.2. The van der Waals surface area contributed by atoms with Gasteiger partial charge in [-0.2, -0.15) is 0 Å². The largest absolute Gasteiger partial charge is 0.455 e. The van der Waals surface area contributed by atoms with Crippen molar-refractivity contribution in [1.82, 2.24) is 0 Å². The first-order valence-corrected chi connectivity index (χ1v) is 31.8. The van der Waals surface area contributed by atoms with Gasteiger partial charge in [-0.1, -0.05) is 291 Å². The SMILES string of the molecule is c1ccc(C2(c3ccccc3)c3ccccc3-c3cc(N(c4ccc(-c5ccc6c(c5)C5(c7ccccc7-6)c6ccc7ccccc7c6Oc6c5ccc5ccccc65)cc4)c4ccc5c(c4)C4(c6ccccc6-c6ccccc64)c4ccccc4-5)ccc32)cc1. The molecule has 2 spiro atoms. The first kappa shape index (κ1) is 50.4. The number of fused-ring (bicyclic) bond motifs is 26. The minimum absolute atomic E-state index is 0.511. The summed E-state index contributed by atoms with van der Waals surface area (Å²) in [5, 5.41) is 4.54. The number of anilines is 3. The molecule has 0 fully saturated rings. The highest BCUT2D eigenvalue weighted by Crippen LogP contribution is 2.66. The Morgan fingerprint density at radius 2 is 0.560 bits per heavy atom. The zero-order valence-corrected chi connectivity index (χ0v) is 49.6. The summed E-state index contributed by atoms with van der Waals surface area (Å²) in [5.41, 5.74) is 29.2. The van der Waals surface area contributed by atoms with Crippen molar-refractivity contribution in [3.63, 3.8) is 0 Å². The van der Waals surface area contributed by atoms with Crippen molar-refractivity contribution in [3.05, 3.63) is 400 Å². The van der Waals surface area contributed by atoms with Crippen LogP contribution in [0.2, 0.25) is 0 Å². The monoisotopic (exact) mass is 1150 g/mol. The van der Waals surface area contributed by atoms with Crippen molar-refractivity contribution in [3.8, 4) is 67.1 Å². The molecular weight excluding hydrogens is 1100 g/mol. The third kappa shape index (κ3) is 6.55. The molecule has 0 atom stereocenters. The Labute approximate surface area is 528 Å². The van der Waals surface area contributed by atoms with Gasteiger partial charge in [-0.25, -0.2) is 0 Å². The van der Waals surface area contributed by atoms with Crippen LogP contribution in [0.4, 0.5) is 17.1 Å². The molecule has 20 rings (SSSR count). The number of nitrogens with zero attached hydrogens (tertiary/aromatic N) is 1. The fraction of sp³-hybridized carbons (Fsp3) is 0.0337. The van der Waals surface area contributed by atoms with Gasteiger partial charge >= 0.3 is 0 Å². The molecule has 2 heteroatoms. The van der Waals surface area contributed by atoms with Crippen molar-refractivity contribution in [2.75, 3.05) is 4.90 Å². The van der Waals surface area contributed by atoms with E-state index in [1.807, 2.05) is 0 Å². The Balaban J connectivity index is 0.797. The zero-order chi connectivity index (χ0) is 59.6. The molecule has 15 aromatic rings. The normalized spacial score (nSPS) is 14.5. The van der Waals surface area contributed by atoms with Crippen LogP contribution in [0.25, 0.3) is 77.2 Å². The molecule has 422 valence electrons. The van der Waals surface area contributed by atoms with E-state index in [0.717, 1.165) is 72.4 Å². The van der Waals surface area contributed by atoms with Crippen LogP contribution in [0.5, 0.6) is 11.5 Å². The Morgan fingerprint density at radius 3 is 1.09 bits per heavy atom. The van der Waals surface area contributed by atoms with Gasteiger partial charge in [0.2, 0.25) is 0 Å². The molecule has 0 bridgehead atoms. The summed E-state index contributed by atoms with van der Waals surface area (Å²) < 4.78 is 7.33. The van der Waals surface area contributed by atoms with Crippen molar-refractivity contribution >= 4 is 38.6 Å². The van der Waals surface area contributed by atoms with E-state index in [9.17, 15) is 0 Å². The van der Waals surface area contributed by atoms with E-state index in [-0.39, 0.29) is 0 Å². The van der Waals surface area contributed by atoms with Gasteiger partial charge in [0.15, 0.2) is 0 Å². The molecule has 91 heavy (non-hydrogen) atoms. The van der Waals surface area contributed by atoms with Crippen molar-refractivity contribution in [2.24, 2.45) is 0 Å². The molecule has 4 aliphatic carbocycles. The Bertz CT molecular complexity index is 5390. The molecule has 5 aliphatic rings. The van der Waals surface area contributed by atoms with Crippen LogP contribution in [0.3, 0.4) is 0 Å². The van der Waals surface area contributed by atoms with Gasteiger partial charge in [0.1, 0.15) is 11.5 Å². The van der Waals surface area contributed by atoms with Gasteiger partial charge in [-0.05, 0) is 165 Å². The van der Waals surface area contributed by atoms with Gasteiger partial charge in [0.05, 0.1) is 16.2 Å². The van der Waals surface area contributed by atoms with E-state index in [4.69, 9.17) is 4.74 Å². The predicted octanol–water partition coefficient (Wildman–Crippen LogP) is 22.3. The highest BCUT2D eigenvalue weighted by atomic mass is 16.5. The highest BCUT2D eigenvalue weighted by molar-refractivity contribution is 6.02. The van der Waals surface area contributed by atoms with Gasteiger partial charge in [-0.15, -0.1) is 0 Å². The molecule has 2 nitrogen and oxygen atoms in total. The van der Waals surface area contributed by atoms with Gasteiger partial charge in [-0.3, -0.25) is 0 Å². The lowest BCUT2D eigenvalue weighted by Gasteiger charge is -2.40. The Morgan fingerprint density at radius 1 is 0.209 bits per heavy atom. The lowest BCUT2D eigenvalue weighted by molar-refractivity contribution is 0.447. The number of hydrogen-bond donors (Lipinski definition) is 0. The number of hydrogen-bond acceptors (Lipinski definition) is 2. The average molecular weight is 1150 g/mol. The summed E-state index contributed by atoms with van der Waals surface area (Å²) in [6.07, 6.45) is 0. The minimum atomic E-state index is -0.661. The molecule has 0 amide bonds. The quantitative estimate of drug-likeness (QED) is 0.165. The smallest absolute Gasteiger partial charge is 0.140 e. The lowest BCUT2D eigenvalue weighted by Crippen LogP contribution is -2.32. The van der Waals surface area contributed by atoms with Gasteiger partial charge < -0.3 is 9.64 Å². The maximum Gasteiger partial charge on any atom is 0.140 e. The van der Waals surface area contributed by atoms with Crippen LogP contribution < -0.4 is 9.64 Å². The summed E-state index contributed by atoms with van der Waals surface area (Å²) in [6, 6.07) is 126. The van der Waals surface area contributed by atoms with E-state index < -0.39 is 16.2 Å². The summed E-state index contributed by atoms with van der Waals surface area (Å²) >= 11 is 0. The first-order valence-electron chi connectivity index (χ1n) is 31.8. The van der Waals surface area contributed by atoms with Crippen LogP contribution in [-0.2, 0) is 16.2 Å². The molecule has 15 aromatic carbocycles. The average Bonchev–Trinajstić information content (AvgIpc) is 1.58. The second kappa shape index (κ2) is 18.7. The summed E-state index contributed by atoms with van der Waals surface area (Å²) in [6.45, 7) is 0.